The molecule has 1 aromatic rings. The van der Waals surface area contributed by atoms with Crippen LogP contribution in [0, 0.1) is 0 Å². The van der Waals surface area contributed by atoms with Gasteiger partial charge in [0.05, 0.1) is 0 Å². The van der Waals surface area contributed by atoms with Crippen LogP contribution in [0.1, 0.15) is 27.7 Å². The second kappa shape index (κ2) is 4.92. The minimum absolute atomic E-state index is 0.244. The lowest BCUT2D eigenvalue weighted by Gasteiger charge is -2.24. The van der Waals surface area contributed by atoms with Crippen molar-refractivity contribution in [3.63, 3.8) is 0 Å². The van der Waals surface area contributed by atoms with Crippen molar-refractivity contribution in [1.82, 2.24) is 9.55 Å². The van der Waals surface area contributed by atoms with Crippen LogP contribution in [0.3, 0.4) is 0 Å². The molecule has 4 heteroatoms. The highest BCUT2D eigenvalue weighted by molar-refractivity contribution is 7.99. The summed E-state index contributed by atoms with van der Waals surface area (Å²) in [5.74, 6) is 0.965. The molecule has 0 saturated carbocycles. The van der Waals surface area contributed by atoms with Crippen molar-refractivity contribution >= 4 is 17.7 Å². The zero-order valence-electron chi connectivity index (χ0n) is 10.2. The van der Waals surface area contributed by atoms with Gasteiger partial charge in [-0.05, 0) is 34.0 Å². The number of anilines is 1. The lowest BCUT2D eigenvalue weighted by Crippen LogP contribution is -2.24. The lowest BCUT2D eigenvalue weighted by atomic mass is 10.2. The summed E-state index contributed by atoms with van der Waals surface area (Å²) in [6, 6.07) is 0.420. The average molecular weight is 227 g/mol. The van der Waals surface area contributed by atoms with Crippen molar-refractivity contribution in [2.45, 2.75) is 45.0 Å². The molecule has 0 atom stereocenters. The van der Waals surface area contributed by atoms with Gasteiger partial charge in [0.2, 0.25) is 5.95 Å². The van der Waals surface area contributed by atoms with Crippen molar-refractivity contribution in [2.75, 3.05) is 11.6 Å². The first kappa shape index (κ1) is 12.4. The Hall–Kier alpha value is -0.640. The molecule has 1 rings (SSSR count). The molecule has 0 amide bonds. The molecule has 1 heterocycles. The molecule has 0 aliphatic heterocycles. The van der Waals surface area contributed by atoms with Gasteiger partial charge in [-0.2, -0.15) is 11.8 Å². The maximum absolute atomic E-state index is 4.32. The van der Waals surface area contributed by atoms with Crippen LogP contribution in [0.25, 0.3) is 0 Å². The van der Waals surface area contributed by atoms with E-state index in [9.17, 15) is 0 Å². The predicted octanol–water partition coefficient (Wildman–Crippen LogP) is 2.85. The zero-order valence-corrected chi connectivity index (χ0v) is 11.1. The van der Waals surface area contributed by atoms with E-state index in [0.29, 0.717) is 6.04 Å². The van der Waals surface area contributed by atoms with Gasteiger partial charge in [-0.1, -0.05) is 0 Å². The molecule has 0 unspecified atom stereocenters. The highest BCUT2D eigenvalue weighted by Crippen LogP contribution is 2.24. The SMILES string of the molecule is CSC(C)(C)Cn1ccnc1NC(C)C. The monoisotopic (exact) mass is 227 g/mol. The summed E-state index contributed by atoms with van der Waals surface area (Å²) in [4.78, 5) is 4.32. The minimum atomic E-state index is 0.244. The normalized spacial score (nSPS) is 12.1. The van der Waals surface area contributed by atoms with Crippen LogP contribution < -0.4 is 5.32 Å². The Balaban J connectivity index is 2.73. The van der Waals surface area contributed by atoms with E-state index in [2.05, 4.69) is 48.8 Å². The van der Waals surface area contributed by atoms with E-state index in [1.165, 1.54) is 0 Å². The molecule has 15 heavy (non-hydrogen) atoms. The third kappa shape index (κ3) is 3.78. The highest BCUT2D eigenvalue weighted by atomic mass is 32.2. The Labute approximate surface area is 96.7 Å². The molecule has 3 nitrogen and oxygen atoms in total. The predicted molar refractivity (Wildman–Crippen MR) is 68.6 cm³/mol. The van der Waals surface area contributed by atoms with E-state index in [-0.39, 0.29) is 4.75 Å². The van der Waals surface area contributed by atoms with Gasteiger partial charge in [0.15, 0.2) is 0 Å². The van der Waals surface area contributed by atoms with Crippen LogP contribution in [0.4, 0.5) is 5.95 Å². The summed E-state index contributed by atoms with van der Waals surface area (Å²) in [5, 5.41) is 3.34. The fourth-order valence-electron chi connectivity index (χ4n) is 1.31. The van der Waals surface area contributed by atoms with E-state index < -0.39 is 0 Å². The number of imidazole rings is 1. The van der Waals surface area contributed by atoms with Crippen molar-refractivity contribution < 1.29 is 0 Å². The lowest BCUT2D eigenvalue weighted by molar-refractivity contribution is 0.569. The number of nitrogens with one attached hydrogen (secondary N) is 1. The quantitative estimate of drug-likeness (QED) is 0.839. The van der Waals surface area contributed by atoms with Crippen LogP contribution in [-0.2, 0) is 6.54 Å². The van der Waals surface area contributed by atoms with E-state index >= 15 is 0 Å². The van der Waals surface area contributed by atoms with Crippen LogP contribution in [0.2, 0.25) is 0 Å². The maximum Gasteiger partial charge on any atom is 0.203 e. The minimum Gasteiger partial charge on any atom is -0.353 e. The third-order valence-electron chi connectivity index (χ3n) is 2.24. The van der Waals surface area contributed by atoms with Gasteiger partial charge in [-0.25, -0.2) is 4.98 Å². The number of hydrogen-bond donors (Lipinski definition) is 1. The first-order chi connectivity index (χ1) is 6.94. The smallest absolute Gasteiger partial charge is 0.203 e. The van der Waals surface area contributed by atoms with E-state index in [4.69, 9.17) is 0 Å². The van der Waals surface area contributed by atoms with Gasteiger partial charge in [-0.15, -0.1) is 0 Å². The van der Waals surface area contributed by atoms with Gasteiger partial charge in [0, 0.05) is 29.7 Å². The van der Waals surface area contributed by atoms with Crippen LogP contribution >= 0.6 is 11.8 Å². The second-order valence-corrected chi connectivity index (χ2v) is 6.16. The molecule has 0 aliphatic rings. The largest absolute Gasteiger partial charge is 0.353 e. The van der Waals surface area contributed by atoms with Crippen molar-refractivity contribution in [2.24, 2.45) is 0 Å². The molecule has 0 aliphatic carbocycles. The number of nitrogens with zero attached hydrogens (tertiary/aromatic N) is 2. The highest BCUT2D eigenvalue weighted by Gasteiger charge is 2.18. The number of hydrogen-bond acceptors (Lipinski definition) is 3. The summed E-state index contributed by atoms with van der Waals surface area (Å²) in [6.45, 7) is 9.72. The van der Waals surface area contributed by atoms with E-state index in [1.54, 1.807) is 0 Å². The standard InChI is InChI=1S/C11H21N3S/c1-9(2)13-10-12-6-7-14(10)8-11(3,4)15-5/h6-7,9H,8H2,1-5H3,(H,12,13). The molecule has 0 spiro atoms. The second-order valence-electron chi connectivity index (χ2n) is 4.64. The summed E-state index contributed by atoms with van der Waals surface area (Å²) >= 11 is 1.88. The Morgan fingerprint density at radius 3 is 2.73 bits per heavy atom. The number of aromatic nitrogens is 2. The van der Waals surface area contributed by atoms with Crippen LogP contribution in [0.15, 0.2) is 12.4 Å². The molecule has 86 valence electrons. The number of rotatable bonds is 5. The summed E-state index contributed by atoms with van der Waals surface area (Å²) in [7, 11) is 0. The van der Waals surface area contributed by atoms with E-state index in [1.807, 2.05) is 24.2 Å². The number of thioether (sulfide) groups is 1. The molecular weight excluding hydrogens is 206 g/mol. The summed E-state index contributed by atoms with van der Waals surface area (Å²) in [6.07, 6.45) is 6.02. The molecule has 0 radical (unpaired) electrons. The first-order valence-corrected chi connectivity index (χ1v) is 6.50. The van der Waals surface area contributed by atoms with Gasteiger partial charge < -0.3 is 9.88 Å². The fraction of sp³-hybridized carbons (Fsp3) is 0.727. The molecule has 0 bridgehead atoms. The van der Waals surface area contributed by atoms with Gasteiger partial charge in [0.25, 0.3) is 0 Å². The molecule has 1 N–H and O–H groups in total. The Morgan fingerprint density at radius 2 is 2.20 bits per heavy atom. The summed E-state index contributed by atoms with van der Waals surface area (Å²) < 4.78 is 2.42. The Morgan fingerprint density at radius 1 is 1.53 bits per heavy atom. The van der Waals surface area contributed by atoms with Gasteiger partial charge in [0.1, 0.15) is 0 Å². The fourth-order valence-corrected chi connectivity index (χ4v) is 1.58. The Kier molecular flexibility index (Phi) is 4.08. The van der Waals surface area contributed by atoms with Crippen molar-refractivity contribution in [1.29, 1.82) is 0 Å². The van der Waals surface area contributed by atoms with Gasteiger partial charge >= 0.3 is 0 Å². The Bertz CT molecular complexity index is 305. The zero-order chi connectivity index (χ0) is 11.5. The molecule has 0 fully saturated rings. The topological polar surface area (TPSA) is 29.9 Å². The molecule has 0 aromatic carbocycles. The van der Waals surface area contributed by atoms with E-state index in [0.717, 1.165) is 12.5 Å². The van der Waals surface area contributed by atoms with Crippen LogP contribution in [0.5, 0.6) is 0 Å². The van der Waals surface area contributed by atoms with Crippen LogP contribution in [-0.4, -0.2) is 26.6 Å². The van der Waals surface area contributed by atoms with Crippen molar-refractivity contribution in [3.8, 4) is 0 Å². The summed E-state index contributed by atoms with van der Waals surface area (Å²) in [5.41, 5.74) is 0. The average Bonchev–Trinajstić information content (AvgIpc) is 2.51. The third-order valence-corrected chi connectivity index (χ3v) is 3.47. The molecule has 0 saturated heterocycles. The van der Waals surface area contributed by atoms with Crippen molar-refractivity contribution in [3.05, 3.63) is 12.4 Å². The molecular formula is C11H21N3S. The maximum atomic E-state index is 4.32. The molecule has 1 aromatic heterocycles. The van der Waals surface area contributed by atoms with Gasteiger partial charge in [-0.3, -0.25) is 0 Å². The first-order valence-electron chi connectivity index (χ1n) is 5.27.